The molecule has 0 atom stereocenters. The highest BCUT2D eigenvalue weighted by atomic mass is 16.4. The van der Waals surface area contributed by atoms with E-state index < -0.39 is 5.97 Å². The van der Waals surface area contributed by atoms with E-state index in [9.17, 15) is 4.79 Å². The molecule has 5 nitrogen and oxygen atoms in total. The van der Waals surface area contributed by atoms with Gasteiger partial charge in [0.05, 0.1) is 13.2 Å². The molecule has 3 N–H and O–H groups in total. The predicted octanol–water partition coefficient (Wildman–Crippen LogP) is 0.720. The van der Waals surface area contributed by atoms with Crippen LogP contribution in [-0.2, 0) is 4.79 Å². The minimum absolute atomic E-state index is 0.184. The Morgan fingerprint density at radius 3 is 1.94 bits per heavy atom. The fourth-order valence-corrected chi connectivity index (χ4v) is 1.14. The fraction of sp³-hybridized carbons (Fsp3) is 0.750. The fourth-order valence-electron chi connectivity index (χ4n) is 1.14. The van der Waals surface area contributed by atoms with Crippen LogP contribution in [0.15, 0.2) is 12.2 Å². The number of hydrogen-bond donors (Lipinski definition) is 3. The zero-order chi connectivity index (χ0) is 13.5. The molecule has 0 rings (SSSR count). The SMILES string of the molecule is C/C=C/C(=O)O.CCCCN(CCO)CCO. The lowest BCUT2D eigenvalue weighted by Crippen LogP contribution is -2.30. The number of aliphatic hydroxyl groups is 2. The van der Waals surface area contributed by atoms with Crippen LogP contribution in [0.2, 0.25) is 0 Å². The van der Waals surface area contributed by atoms with Crippen LogP contribution in [0, 0.1) is 0 Å². The first-order valence-corrected chi connectivity index (χ1v) is 5.92. The third-order valence-electron chi connectivity index (χ3n) is 1.97. The van der Waals surface area contributed by atoms with E-state index in [4.69, 9.17) is 15.3 Å². The van der Waals surface area contributed by atoms with E-state index in [2.05, 4.69) is 11.8 Å². The maximum atomic E-state index is 9.51. The molecule has 0 aliphatic carbocycles. The standard InChI is InChI=1S/C8H19NO2.C4H6O2/c1-2-3-4-9(5-7-10)6-8-11;1-2-3-4(5)6/h10-11H,2-8H2,1H3;2-3H,1H3,(H,5,6)/b;3-2+. The largest absolute Gasteiger partial charge is 0.478 e. The number of hydrogen-bond acceptors (Lipinski definition) is 4. The number of allylic oxidation sites excluding steroid dienone is 1. The molecule has 0 aliphatic heterocycles. The smallest absolute Gasteiger partial charge is 0.327 e. The number of aliphatic hydroxyl groups excluding tert-OH is 2. The summed E-state index contributed by atoms with van der Waals surface area (Å²) < 4.78 is 0. The number of nitrogens with zero attached hydrogens (tertiary/aromatic N) is 1. The molecule has 0 radical (unpaired) electrons. The molecule has 17 heavy (non-hydrogen) atoms. The van der Waals surface area contributed by atoms with Gasteiger partial charge in [-0.15, -0.1) is 0 Å². The second-order valence-corrected chi connectivity index (χ2v) is 3.48. The summed E-state index contributed by atoms with van der Waals surface area (Å²) in [6.07, 6.45) is 4.86. The number of carboxylic acids is 1. The van der Waals surface area contributed by atoms with Gasteiger partial charge in [0.1, 0.15) is 0 Å². The van der Waals surface area contributed by atoms with Gasteiger partial charge in [-0.1, -0.05) is 19.4 Å². The highest BCUT2D eigenvalue weighted by Crippen LogP contribution is 1.93. The summed E-state index contributed by atoms with van der Waals surface area (Å²) in [6, 6.07) is 0. The summed E-state index contributed by atoms with van der Waals surface area (Å²) in [5, 5.41) is 25.1. The van der Waals surface area contributed by atoms with Crippen molar-refractivity contribution in [2.24, 2.45) is 0 Å². The Labute approximate surface area is 103 Å². The molecule has 0 heterocycles. The van der Waals surface area contributed by atoms with Crippen molar-refractivity contribution < 1.29 is 20.1 Å². The van der Waals surface area contributed by atoms with Crippen molar-refractivity contribution in [1.82, 2.24) is 4.90 Å². The molecule has 0 bridgehead atoms. The lowest BCUT2D eigenvalue weighted by molar-refractivity contribution is -0.131. The normalized spacial score (nSPS) is 10.4. The van der Waals surface area contributed by atoms with E-state index in [0.29, 0.717) is 13.1 Å². The molecule has 0 fully saturated rings. The van der Waals surface area contributed by atoms with Gasteiger partial charge in [-0.2, -0.15) is 0 Å². The lowest BCUT2D eigenvalue weighted by Gasteiger charge is -2.19. The van der Waals surface area contributed by atoms with E-state index in [1.165, 1.54) is 6.08 Å². The molecule has 0 unspecified atom stereocenters. The summed E-state index contributed by atoms with van der Waals surface area (Å²) >= 11 is 0. The number of carbonyl (C=O) groups is 1. The Balaban J connectivity index is 0. The van der Waals surface area contributed by atoms with Crippen LogP contribution in [0.25, 0.3) is 0 Å². The second kappa shape index (κ2) is 15.1. The first kappa shape index (κ1) is 18.5. The third kappa shape index (κ3) is 17.7. The van der Waals surface area contributed by atoms with E-state index >= 15 is 0 Å². The summed E-state index contributed by atoms with van der Waals surface area (Å²) in [6.45, 7) is 6.51. The maximum Gasteiger partial charge on any atom is 0.327 e. The molecular formula is C12H25NO4. The predicted molar refractivity (Wildman–Crippen MR) is 68.0 cm³/mol. The van der Waals surface area contributed by atoms with Crippen LogP contribution in [0.5, 0.6) is 0 Å². The van der Waals surface area contributed by atoms with Crippen molar-refractivity contribution in [3.63, 3.8) is 0 Å². The van der Waals surface area contributed by atoms with Crippen LogP contribution < -0.4 is 0 Å². The zero-order valence-corrected chi connectivity index (χ0v) is 10.8. The Bertz CT molecular complexity index is 189. The monoisotopic (exact) mass is 247 g/mol. The van der Waals surface area contributed by atoms with Gasteiger partial charge in [0.2, 0.25) is 0 Å². The lowest BCUT2D eigenvalue weighted by atomic mass is 10.3. The maximum absolute atomic E-state index is 9.51. The summed E-state index contributed by atoms with van der Waals surface area (Å²) in [7, 11) is 0. The van der Waals surface area contributed by atoms with Crippen LogP contribution in [0.4, 0.5) is 0 Å². The number of carboxylic acid groups (broad SMARTS) is 1. The minimum atomic E-state index is -0.891. The molecule has 0 amide bonds. The van der Waals surface area contributed by atoms with Gasteiger partial charge in [-0.3, -0.25) is 4.90 Å². The molecule has 102 valence electrons. The first-order valence-electron chi connectivity index (χ1n) is 5.92. The molecule has 0 aromatic heterocycles. The summed E-state index contributed by atoms with van der Waals surface area (Å²) in [4.78, 5) is 11.6. The van der Waals surface area contributed by atoms with Crippen molar-refractivity contribution in [1.29, 1.82) is 0 Å². The molecule has 0 aromatic rings. The molecule has 0 aliphatic rings. The van der Waals surface area contributed by atoms with Gasteiger partial charge < -0.3 is 15.3 Å². The van der Waals surface area contributed by atoms with E-state index in [-0.39, 0.29) is 13.2 Å². The van der Waals surface area contributed by atoms with Crippen LogP contribution >= 0.6 is 0 Å². The molecule has 0 saturated heterocycles. The number of unbranched alkanes of at least 4 members (excludes halogenated alkanes) is 1. The van der Waals surface area contributed by atoms with Crippen LogP contribution in [0.1, 0.15) is 26.7 Å². The number of rotatable bonds is 8. The summed E-state index contributed by atoms with van der Waals surface area (Å²) in [5.74, 6) is -0.891. The summed E-state index contributed by atoms with van der Waals surface area (Å²) in [5.41, 5.74) is 0. The van der Waals surface area contributed by atoms with Gasteiger partial charge in [0.15, 0.2) is 0 Å². The van der Waals surface area contributed by atoms with E-state index in [1.54, 1.807) is 6.92 Å². The third-order valence-corrected chi connectivity index (χ3v) is 1.97. The van der Waals surface area contributed by atoms with Gasteiger partial charge in [-0.05, 0) is 19.9 Å². The zero-order valence-electron chi connectivity index (χ0n) is 10.8. The molecule has 0 saturated carbocycles. The van der Waals surface area contributed by atoms with Crippen molar-refractivity contribution in [3.8, 4) is 0 Å². The Morgan fingerprint density at radius 2 is 1.71 bits per heavy atom. The second-order valence-electron chi connectivity index (χ2n) is 3.48. The minimum Gasteiger partial charge on any atom is -0.478 e. The van der Waals surface area contributed by atoms with Crippen molar-refractivity contribution in [3.05, 3.63) is 12.2 Å². The average molecular weight is 247 g/mol. The van der Waals surface area contributed by atoms with Crippen LogP contribution in [-0.4, -0.2) is 59.0 Å². The topological polar surface area (TPSA) is 81.0 Å². The highest BCUT2D eigenvalue weighted by Gasteiger charge is 2.00. The average Bonchev–Trinajstić information content (AvgIpc) is 2.27. The van der Waals surface area contributed by atoms with Gasteiger partial charge in [0, 0.05) is 19.2 Å². The Hall–Kier alpha value is -0.910. The van der Waals surface area contributed by atoms with Crippen LogP contribution in [0.3, 0.4) is 0 Å². The van der Waals surface area contributed by atoms with E-state index in [0.717, 1.165) is 25.5 Å². The molecule has 0 aromatic carbocycles. The quantitative estimate of drug-likeness (QED) is 0.551. The van der Waals surface area contributed by atoms with Gasteiger partial charge in [-0.25, -0.2) is 4.79 Å². The van der Waals surface area contributed by atoms with Crippen molar-refractivity contribution in [2.45, 2.75) is 26.7 Å². The first-order chi connectivity index (χ1) is 8.12. The van der Waals surface area contributed by atoms with Crippen molar-refractivity contribution in [2.75, 3.05) is 32.8 Å². The van der Waals surface area contributed by atoms with Gasteiger partial charge in [0.25, 0.3) is 0 Å². The molecular weight excluding hydrogens is 222 g/mol. The molecule has 5 heteroatoms. The Morgan fingerprint density at radius 1 is 1.18 bits per heavy atom. The van der Waals surface area contributed by atoms with Gasteiger partial charge >= 0.3 is 5.97 Å². The van der Waals surface area contributed by atoms with Crippen molar-refractivity contribution >= 4 is 5.97 Å². The number of aliphatic carboxylic acids is 1. The van der Waals surface area contributed by atoms with E-state index in [1.807, 2.05) is 0 Å². The molecule has 0 spiro atoms. The highest BCUT2D eigenvalue weighted by molar-refractivity contribution is 5.79. The Kier molecular flexibility index (Phi) is 16.4.